The zero-order chi connectivity index (χ0) is 16.8. The smallest absolute Gasteiger partial charge is 0.251 e. The van der Waals surface area contributed by atoms with Crippen molar-refractivity contribution in [2.24, 2.45) is 0 Å². The molecule has 120 valence electrons. The van der Waals surface area contributed by atoms with E-state index in [-0.39, 0.29) is 18.4 Å². The second-order valence-corrected chi connectivity index (χ2v) is 5.22. The van der Waals surface area contributed by atoms with Crippen LogP contribution in [0.25, 0.3) is 10.8 Å². The molecule has 0 aliphatic carbocycles. The number of carbonyl (C=O) groups is 2. The van der Waals surface area contributed by atoms with Crippen LogP contribution < -0.4 is 10.6 Å². The van der Waals surface area contributed by atoms with Crippen molar-refractivity contribution in [1.29, 1.82) is 0 Å². The van der Waals surface area contributed by atoms with Crippen LogP contribution in [0.1, 0.15) is 16.1 Å². The van der Waals surface area contributed by atoms with E-state index in [1.165, 1.54) is 6.33 Å². The van der Waals surface area contributed by atoms with Crippen molar-refractivity contribution in [2.75, 3.05) is 6.54 Å². The van der Waals surface area contributed by atoms with E-state index < -0.39 is 0 Å². The first-order valence-electron chi connectivity index (χ1n) is 7.51. The van der Waals surface area contributed by atoms with E-state index in [0.717, 1.165) is 10.8 Å². The normalized spacial score (nSPS) is 10.3. The largest absolute Gasteiger partial charge is 0.349 e. The van der Waals surface area contributed by atoms with Gasteiger partial charge in [-0.05, 0) is 29.0 Å². The molecular weight excluding hydrogens is 304 g/mol. The number of hydrogen-bond donors (Lipinski definition) is 2. The van der Waals surface area contributed by atoms with Crippen molar-refractivity contribution in [1.82, 2.24) is 20.6 Å². The van der Waals surface area contributed by atoms with Crippen LogP contribution in [0.4, 0.5) is 0 Å². The zero-order valence-corrected chi connectivity index (χ0v) is 12.9. The lowest BCUT2D eigenvalue weighted by atomic mass is 10.1. The van der Waals surface area contributed by atoms with E-state index in [4.69, 9.17) is 0 Å². The molecular formula is C18H16N4O2. The summed E-state index contributed by atoms with van der Waals surface area (Å²) >= 11 is 0. The van der Waals surface area contributed by atoms with Crippen molar-refractivity contribution in [3.05, 3.63) is 72.3 Å². The van der Waals surface area contributed by atoms with Gasteiger partial charge in [-0.3, -0.25) is 9.59 Å². The highest BCUT2D eigenvalue weighted by molar-refractivity contribution is 5.99. The lowest BCUT2D eigenvalue weighted by Crippen LogP contribution is -2.36. The van der Waals surface area contributed by atoms with Crippen LogP contribution in [0.2, 0.25) is 0 Å². The molecule has 6 heteroatoms. The molecule has 0 fully saturated rings. The molecule has 24 heavy (non-hydrogen) atoms. The molecule has 2 aromatic carbocycles. The standard InChI is InChI=1S/C18H16N4O2/c23-17(20-10-16-7-8-19-12-22-16)11-21-18(24)15-6-5-13-3-1-2-4-14(13)9-15/h1-9,12H,10-11H2,(H,20,23)(H,21,24). The van der Waals surface area contributed by atoms with Crippen molar-refractivity contribution in [3.8, 4) is 0 Å². The SMILES string of the molecule is O=C(CNC(=O)c1ccc2ccccc2c1)NCc1ccncn1. The number of nitrogens with zero attached hydrogens (tertiary/aromatic N) is 2. The molecule has 0 bridgehead atoms. The summed E-state index contributed by atoms with van der Waals surface area (Å²) in [6.07, 6.45) is 3.03. The molecule has 6 nitrogen and oxygen atoms in total. The number of aromatic nitrogens is 2. The molecule has 0 spiro atoms. The molecule has 0 unspecified atom stereocenters. The Labute approximate surface area is 138 Å². The average molecular weight is 320 g/mol. The molecule has 0 saturated carbocycles. The van der Waals surface area contributed by atoms with E-state index >= 15 is 0 Å². The first-order valence-corrected chi connectivity index (χ1v) is 7.51. The third kappa shape index (κ3) is 3.92. The first-order chi connectivity index (χ1) is 11.7. The Bertz CT molecular complexity index is 865. The Kier molecular flexibility index (Phi) is 4.76. The van der Waals surface area contributed by atoms with E-state index in [1.54, 1.807) is 18.3 Å². The molecule has 1 heterocycles. The van der Waals surface area contributed by atoms with Gasteiger partial charge in [0.15, 0.2) is 0 Å². The minimum Gasteiger partial charge on any atom is -0.349 e. The maximum Gasteiger partial charge on any atom is 0.251 e. The van der Waals surface area contributed by atoms with Crippen molar-refractivity contribution in [3.63, 3.8) is 0 Å². The van der Waals surface area contributed by atoms with E-state index in [0.29, 0.717) is 17.8 Å². The van der Waals surface area contributed by atoms with Crippen LogP contribution in [0.3, 0.4) is 0 Å². The summed E-state index contributed by atoms with van der Waals surface area (Å²) in [6, 6.07) is 15.0. The van der Waals surface area contributed by atoms with Crippen molar-refractivity contribution >= 4 is 22.6 Å². The Morgan fingerprint density at radius 1 is 0.958 bits per heavy atom. The van der Waals surface area contributed by atoms with Gasteiger partial charge < -0.3 is 10.6 Å². The van der Waals surface area contributed by atoms with Gasteiger partial charge in [-0.2, -0.15) is 0 Å². The van der Waals surface area contributed by atoms with Gasteiger partial charge in [0.2, 0.25) is 5.91 Å². The Morgan fingerprint density at radius 2 is 1.79 bits per heavy atom. The highest BCUT2D eigenvalue weighted by atomic mass is 16.2. The predicted molar refractivity (Wildman–Crippen MR) is 90.2 cm³/mol. The van der Waals surface area contributed by atoms with Gasteiger partial charge in [-0.1, -0.05) is 30.3 Å². The molecule has 2 N–H and O–H groups in total. The lowest BCUT2D eigenvalue weighted by Gasteiger charge is -2.07. The van der Waals surface area contributed by atoms with E-state index in [9.17, 15) is 9.59 Å². The summed E-state index contributed by atoms with van der Waals surface area (Å²) in [6.45, 7) is 0.212. The van der Waals surface area contributed by atoms with Gasteiger partial charge in [0.1, 0.15) is 6.33 Å². The molecule has 1 aromatic heterocycles. The minimum absolute atomic E-state index is 0.0866. The van der Waals surface area contributed by atoms with Crippen LogP contribution in [0.5, 0.6) is 0 Å². The van der Waals surface area contributed by atoms with Gasteiger partial charge in [0.25, 0.3) is 5.91 Å². The van der Waals surface area contributed by atoms with Gasteiger partial charge in [0.05, 0.1) is 18.8 Å². The predicted octanol–water partition coefficient (Wildman–Crippen LogP) is 1.68. The fourth-order valence-corrected chi connectivity index (χ4v) is 2.27. The number of amides is 2. The molecule has 0 saturated heterocycles. The summed E-state index contributed by atoms with van der Waals surface area (Å²) in [5, 5.41) is 7.36. The van der Waals surface area contributed by atoms with Gasteiger partial charge in [-0.25, -0.2) is 9.97 Å². The van der Waals surface area contributed by atoms with Crippen LogP contribution in [0, 0.1) is 0 Å². The monoisotopic (exact) mass is 320 g/mol. The lowest BCUT2D eigenvalue weighted by molar-refractivity contribution is -0.120. The third-order valence-corrected chi connectivity index (χ3v) is 3.53. The summed E-state index contributed by atoms with van der Waals surface area (Å²) in [7, 11) is 0. The second kappa shape index (κ2) is 7.32. The van der Waals surface area contributed by atoms with Crippen LogP contribution >= 0.6 is 0 Å². The fourth-order valence-electron chi connectivity index (χ4n) is 2.27. The summed E-state index contributed by atoms with van der Waals surface area (Å²) in [4.78, 5) is 31.8. The molecule has 2 amide bonds. The van der Waals surface area contributed by atoms with Crippen molar-refractivity contribution < 1.29 is 9.59 Å². The number of carbonyl (C=O) groups excluding carboxylic acids is 2. The van der Waals surface area contributed by atoms with E-state index in [1.807, 2.05) is 36.4 Å². The first kappa shape index (κ1) is 15.6. The zero-order valence-electron chi connectivity index (χ0n) is 12.9. The summed E-state index contributed by atoms with van der Waals surface area (Å²) in [5.74, 6) is -0.555. The molecule has 3 rings (SSSR count). The van der Waals surface area contributed by atoms with Crippen LogP contribution in [-0.4, -0.2) is 28.3 Å². The molecule has 3 aromatic rings. The highest BCUT2D eigenvalue weighted by Crippen LogP contribution is 2.15. The topological polar surface area (TPSA) is 84.0 Å². The Morgan fingerprint density at radius 3 is 2.58 bits per heavy atom. The quantitative estimate of drug-likeness (QED) is 0.749. The number of hydrogen-bond acceptors (Lipinski definition) is 4. The highest BCUT2D eigenvalue weighted by Gasteiger charge is 2.08. The maximum absolute atomic E-state index is 12.2. The molecule has 0 aliphatic rings. The number of rotatable bonds is 5. The van der Waals surface area contributed by atoms with Crippen LogP contribution in [0.15, 0.2) is 61.1 Å². The number of fused-ring (bicyclic) bond motifs is 1. The van der Waals surface area contributed by atoms with Crippen molar-refractivity contribution in [2.45, 2.75) is 6.54 Å². The van der Waals surface area contributed by atoms with Crippen LogP contribution in [-0.2, 0) is 11.3 Å². The fraction of sp³-hybridized carbons (Fsp3) is 0.111. The Balaban J connectivity index is 1.53. The summed E-state index contributed by atoms with van der Waals surface area (Å²) in [5.41, 5.74) is 1.23. The van der Waals surface area contributed by atoms with E-state index in [2.05, 4.69) is 20.6 Å². The second-order valence-electron chi connectivity index (χ2n) is 5.22. The summed E-state index contributed by atoms with van der Waals surface area (Å²) < 4.78 is 0. The van der Waals surface area contributed by atoms with Gasteiger partial charge in [-0.15, -0.1) is 0 Å². The molecule has 0 aliphatic heterocycles. The number of nitrogens with one attached hydrogen (secondary N) is 2. The Hall–Kier alpha value is -3.28. The number of benzene rings is 2. The molecule has 0 atom stereocenters. The average Bonchev–Trinajstić information content (AvgIpc) is 2.65. The maximum atomic E-state index is 12.2. The minimum atomic E-state index is -0.280. The van der Waals surface area contributed by atoms with Gasteiger partial charge >= 0.3 is 0 Å². The third-order valence-electron chi connectivity index (χ3n) is 3.53. The molecule has 0 radical (unpaired) electrons. The van der Waals surface area contributed by atoms with Gasteiger partial charge in [0, 0.05) is 11.8 Å².